The molecule has 0 amide bonds. The van der Waals surface area contributed by atoms with Gasteiger partial charge in [0.2, 0.25) is 0 Å². The first-order valence-electron chi connectivity index (χ1n) is 7.30. The van der Waals surface area contributed by atoms with Crippen LogP contribution in [0.4, 0.5) is 10.1 Å². The van der Waals surface area contributed by atoms with Gasteiger partial charge in [0.05, 0.1) is 0 Å². The monoisotopic (exact) mass is 266 g/mol. The Kier molecular flexibility index (Phi) is 6.29. The zero-order valence-electron chi connectivity index (χ0n) is 12.6. The topological polar surface area (TPSA) is 29.3 Å². The largest absolute Gasteiger partial charge is 0.371 e. The molecule has 0 bridgehead atoms. The number of halogens is 1. The molecule has 0 spiro atoms. The Balaban J connectivity index is 3.08. The molecule has 1 aromatic carbocycles. The molecule has 1 aromatic rings. The molecular formula is C16H27FN2. The summed E-state index contributed by atoms with van der Waals surface area (Å²) in [5, 5.41) is 0. The van der Waals surface area contributed by atoms with Crippen LogP contribution >= 0.6 is 0 Å². The zero-order chi connectivity index (χ0) is 14.4. The van der Waals surface area contributed by atoms with Crippen LogP contribution < -0.4 is 10.6 Å². The van der Waals surface area contributed by atoms with Gasteiger partial charge in [-0.1, -0.05) is 26.8 Å². The Morgan fingerprint density at radius 1 is 1.16 bits per heavy atom. The fourth-order valence-corrected chi connectivity index (χ4v) is 2.52. The standard InChI is InChI=1S/C16H27FN2/c1-5-12(18)11-14-15(17)9-8-10-16(14)19(4)13(6-2)7-3/h8-10,12-13H,5-7,11,18H2,1-4H3. The number of rotatable bonds is 7. The molecule has 0 aromatic heterocycles. The van der Waals surface area contributed by atoms with E-state index >= 15 is 0 Å². The normalized spacial score (nSPS) is 12.8. The Labute approximate surface area is 116 Å². The van der Waals surface area contributed by atoms with Crippen molar-refractivity contribution in [3.63, 3.8) is 0 Å². The highest BCUT2D eigenvalue weighted by Gasteiger charge is 2.18. The van der Waals surface area contributed by atoms with Crippen LogP contribution in [-0.4, -0.2) is 19.1 Å². The number of hydrogen-bond donors (Lipinski definition) is 1. The van der Waals surface area contributed by atoms with E-state index in [1.54, 1.807) is 6.07 Å². The molecule has 0 aliphatic heterocycles. The lowest BCUT2D eigenvalue weighted by atomic mass is 10.00. The van der Waals surface area contributed by atoms with Crippen LogP contribution in [0.3, 0.4) is 0 Å². The molecule has 3 heteroatoms. The quantitative estimate of drug-likeness (QED) is 0.814. The van der Waals surface area contributed by atoms with E-state index in [1.807, 2.05) is 20.0 Å². The van der Waals surface area contributed by atoms with Gasteiger partial charge in [0, 0.05) is 30.4 Å². The fourth-order valence-electron chi connectivity index (χ4n) is 2.52. The SMILES string of the molecule is CCC(N)Cc1c(F)cccc1N(C)C(CC)CC. The van der Waals surface area contributed by atoms with Crippen LogP contribution in [0.1, 0.15) is 45.6 Å². The molecule has 0 saturated carbocycles. The fraction of sp³-hybridized carbons (Fsp3) is 0.625. The summed E-state index contributed by atoms with van der Waals surface area (Å²) in [5.74, 6) is -0.140. The number of benzene rings is 1. The molecular weight excluding hydrogens is 239 g/mol. The third-order valence-corrected chi connectivity index (χ3v) is 3.96. The zero-order valence-corrected chi connectivity index (χ0v) is 12.6. The van der Waals surface area contributed by atoms with E-state index in [0.717, 1.165) is 30.5 Å². The van der Waals surface area contributed by atoms with Crippen molar-refractivity contribution >= 4 is 5.69 Å². The molecule has 2 nitrogen and oxygen atoms in total. The van der Waals surface area contributed by atoms with Crippen LogP contribution in [0.5, 0.6) is 0 Å². The van der Waals surface area contributed by atoms with E-state index < -0.39 is 0 Å². The van der Waals surface area contributed by atoms with Gasteiger partial charge in [-0.05, 0) is 37.8 Å². The van der Waals surface area contributed by atoms with Crippen molar-refractivity contribution in [3.05, 3.63) is 29.6 Å². The van der Waals surface area contributed by atoms with Crippen molar-refractivity contribution in [1.82, 2.24) is 0 Å². The van der Waals surface area contributed by atoms with Crippen LogP contribution in [0, 0.1) is 5.82 Å². The highest BCUT2D eigenvalue weighted by Crippen LogP contribution is 2.27. The van der Waals surface area contributed by atoms with Crippen molar-refractivity contribution in [2.75, 3.05) is 11.9 Å². The first-order valence-corrected chi connectivity index (χ1v) is 7.30. The van der Waals surface area contributed by atoms with E-state index in [4.69, 9.17) is 5.73 Å². The van der Waals surface area contributed by atoms with Gasteiger partial charge in [0.1, 0.15) is 5.82 Å². The molecule has 2 N–H and O–H groups in total. The lowest BCUT2D eigenvalue weighted by molar-refractivity contribution is 0.562. The van der Waals surface area contributed by atoms with Crippen molar-refractivity contribution in [1.29, 1.82) is 0 Å². The summed E-state index contributed by atoms with van der Waals surface area (Å²) in [5.41, 5.74) is 7.74. The van der Waals surface area contributed by atoms with Gasteiger partial charge < -0.3 is 10.6 Å². The second kappa shape index (κ2) is 7.49. The summed E-state index contributed by atoms with van der Waals surface area (Å²) >= 11 is 0. The summed E-state index contributed by atoms with van der Waals surface area (Å²) in [6.07, 6.45) is 3.58. The van der Waals surface area contributed by atoms with Gasteiger partial charge in [0.15, 0.2) is 0 Å². The molecule has 0 fully saturated rings. The summed E-state index contributed by atoms with van der Waals surface area (Å²) in [7, 11) is 2.05. The third-order valence-electron chi connectivity index (χ3n) is 3.96. The van der Waals surface area contributed by atoms with E-state index in [9.17, 15) is 4.39 Å². The maximum absolute atomic E-state index is 14.1. The van der Waals surface area contributed by atoms with E-state index in [-0.39, 0.29) is 11.9 Å². The number of nitrogens with two attached hydrogens (primary N) is 1. The van der Waals surface area contributed by atoms with E-state index in [1.165, 1.54) is 6.07 Å². The molecule has 108 valence electrons. The Morgan fingerprint density at radius 3 is 2.32 bits per heavy atom. The smallest absolute Gasteiger partial charge is 0.128 e. The number of anilines is 1. The van der Waals surface area contributed by atoms with E-state index in [0.29, 0.717) is 12.5 Å². The van der Waals surface area contributed by atoms with Gasteiger partial charge in [0.25, 0.3) is 0 Å². The Morgan fingerprint density at radius 2 is 1.79 bits per heavy atom. The average Bonchev–Trinajstić information content (AvgIpc) is 2.42. The molecule has 0 radical (unpaired) electrons. The van der Waals surface area contributed by atoms with Gasteiger partial charge in [-0.15, -0.1) is 0 Å². The predicted octanol–water partition coefficient (Wildman–Crippen LogP) is 3.73. The van der Waals surface area contributed by atoms with Gasteiger partial charge >= 0.3 is 0 Å². The first-order chi connectivity index (χ1) is 9.04. The van der Waals surface area contributed by atoms with Crippen LogP contribution in [0.25, 0.3) is 0 Å². The third kappa shape index (κ3) is 3.93. The second-order valence-electron chi connectivity index (χ2n) is 5.19. The minimum Gasteiger partial charge on any atom is -0.371 e. The molecule has 0 aliphatic rings. The molecule has 19 heavy (non-hydrogen) atoms. The molecule has 1 atom stereocenters. The predicted molar refractivity (Wildman–Crippen MR) is 81.1 cm³/mol. The summed E-state index contributed by atoms with van der Waals surface area (Å²) in [6, 6.07) is 5.77. The van der Waals surface area contributed by atoms with Gasteiger partial charge in [-0.3, -0.25) is 0 Å². The van der Waals surface area contributed by atoms with Crippen LogP contribution in [0.2, 0.25) is 0 Å². The van der Waals surface area contributed by atoms with Crippen LogP contribution in [-0.2, 0) is 6.42 Å². The van der Waals surface area contributed by atoms with E-state index in [2.05, 4.69) is 18.7 Å². The highest BCUT2D eigenvalue weighted by atomic mass is 19.1. The highest BCUT2D eigenvalue weighted by molar-refractivity contribution is 5.54. The van der Waals surface area contributed by atoms with Gasteiger partial charge in [-0.25, -0.2) is 4.39 Å². The molecule has 0 saturated heterocycles. The van der Waals surface area contributed by atoms with Crippen LogP contribution in [0.15, 0.2) is 18.2 Å². The van der Waals surface area contributed by atoms with Crippen molar-refractivity contribution < 1.29 is 4.39 Å². The average molecular weight is 266 g/mol. The maximum Gasteiger partial charge on any atom is 0.128 e. The van der Waals surface area contributed by atoms with Crippen molar-refractivity contribution in [2.24, 2.45) is 5.73 Å². The number of nitrogens with zero attached hydrogens (tertiary/aromatic N) is 1. The molecule has 0 aliphatic carbocycles. The second-order valence-corrected chi connectivity index (χ2v) is 5.19. The minimum absolute atomic E-state index is 0.0192. The number of hydrogen-bond acceptors (Lipinski definition) is 2. The summed E-state index contributed by atoms with van der Waals surface area (Å²) in [6.45, 7) is 6.37. The Hall–Kier alpha value is -1.09. The first kappa shape index (κ1) is 16.0. The molecule has 0 heterocycles. The maximum atomic E-state index is 14.1. The minimum atomic E-state index is -0.140. The molecule has 1 rings (SSSR count). The molecule has 1 unspecified atom stereocenters. The van der Waals surface area contributed by atoms with Crippen molar-refractivity contribution in [2.45, 2.75) is 58.5 Å². The Bertz CT molecular complexity index is 388. The van der Waals surface area contributed by atoms with Gasteiger partial charge in [-0.2, -0.15) is 0 Å². The van der Waals surface area contributed by atoms with Crippen molar-refractivity contribution in [3.8, 4) is 0 Å². The summed E-state index contributed by atoms with van der Waals surface area (Å²) < 4.78 is 14.1. The lowest BCUT2D eigenvalue weighted by Crippen LogP contribution is -2.32. The summed E-state index contributed by atoms with van der Waals surface area (Å²) in [4.78, 5) is 2.20. The lowest BCUT2D eigenvalue weighted by Gasteiger charge is -2.31.